The molecule has 4 nitrogen and oxygen atoms in total. The second-order valence-electron chi connectivity index (χ2n) is 2.38. The van der Waals surface area contributed by atoms with E-state index in [0.717, 1.165) is 0 Å². The van der Waals surface area contributed by atoms with E-state index in [9.17, 15) is 13.2 Å². The Kier molecular flexibility index (Phi) is 3.10. The summed E-state index contributed by atoms with van der Waals surface area (Å²) in [6, 6.07) is 1.22. The molecule has 1 N–H and O–H groups in total. The van der Waals surface area contributed by atoms with E-state index in [1.54, 1.807) is 7.05 Å². The Balaban J connectivity index is 2.59. The van der Waals surface area contributed by atoms with Gasteiger partial charge in [-0.15, -0.1) is 0 Å². The number of hydrogen-bond acceptors (Lipinski definition) is 4. The first-order valence-corrected chi connectivity index (χ1v) is 3.71. The van der Waals surface area contributed by atoms with E-state index in [0.29, 0.717) is 5.82 Å². The summed E-state index contributed by atoms with van der Waals surface area (Å²) in [6.45, 7) is -1.39. The van der Waals surface area contributed by atoms with Crippen molar-refractivity contribution >= 4 is 5.82 Å². The third kappa shape index (κ3) is 3.46. The molecule has 0 fully saturated rings. The SMILES string of the molecule is CNc1ccnc(OCC(F)(F)F)n1. The van der Waals surface area contributed by atoms with Gasteiger partial charge in [0.05, 0.1) is 0 Å². The molecule has 0 radical (unpaired) electrons. The van der Waals surface area contributed by atoms with Crippen molar-refractivity contribution in [2.24, 2.45) is 0 Å². The fourth-order valence-electron chi connectivity index (χ4n) is 0.696. The number of hydrogen-bond donors (Lipinski definition) is 1. The van der Waals surface area contributed by atoms with Gasteiger partial charge in [-0.05, 0) is 6.07 Å². The molecule has 0 atom stereocenters. The Labute approximate surface area is 78.1 Å². The molecule has 1 aromatic rings. The first-order chi connectivity index (χ1) is 6.51. The molecule has 0 spiro atoms. The van der Waals surface area contributed by atoms with E-state index < -0.39 is 12.8 Å². The lowest BCUT2D eigenvalue weighted by atomic mass is 10.6. The molecule has 0 amide bonds. The molecule has 0 aliphatic heterocycles. The summed E-state index contributed by atoms with van der Waals surface area (Å²) in [5.74, 6) is 0.400. The molecule has 0 saturated heterocycles. The van der Waals surface area contributed by atoms with Crippen LogP contribution in [0.4, 0.5) is 19.0 Å². The maximum atomic E-state index is 11.7. The maximum Gasteiger partial charge on any atom is 0.422 e. The number of rotatable bonds is 3. The summed E-state index contributed by atoms with van der Waals surface area (Å²) in [6.07, 6.45) is -3.07. The average molecular weight is 207 g/mol. The van der Waals surface area contributed by atoms with Crippen LogP contribution in [0.3, 0.4) is 0 Å². The van der Waals surface area contributed by atoms with Gasteiger partial charge >= 0.3 is 12.2 Å². The standard InChI is InChI=1S/C7H8F3N3O/c1-11-5-2-3-12-6(13-5)14-4-7(8,9)10/h2-3H,4H2,1H3,(H,11,12,13). The fourth-order valence-corrected chi connectivity index (χ4v) is 0.696. The van der Waals surface area contributed by atoms with Gasteiger partial charge < -0.3 is 10.1 Å². The van der Waals surface area contributed by atoms with Gasteiger partial charge in [0.15, 0.2) is 6.61 Å². The van der Waals surface area contributed by atoms with Crippen LogP contribution in [0.15, 0.2) is 12.3 Å². The molecule has 7 heteroatoms. The number of alkyl halides is 3. The zero-order chi connectivity index (χ0) is 10.6. The second-order valence-corrected chi connectivity index (χ2v) is 2.38. The highest BCUT2D eigenvalue weighted by atomic mass is 19.4. The Morgan fingerprint density at radius 1 is 1.50 bits per heavy atom. The third-order valence-corrected chi connectivity index (χ3v) is 1.25. The fraction of sp³-hybridized carbons (Fsp3) is 0.429. The van der Waals surface area contributed by atoms with Gasteiger partial charge in [0.1, 0.15) is 5.82 Å². The normalized spacial score (nSPS) is 11.1. The Bertz CT molecular complexity index is 302. The van der Waals surface area contributed by atoms with Crippen molar-refractivity contribution in [3.8, 4) is 6.01 Å². The first kappa shape index (κ1) is 10.6. The summed E-state index contributed by atoms with van der Waals surface area (Å²) < 4.78 is 39.5. The number of ether oxygens (including phenoxy) is 1. The van der Waals surface area contributed by atoms with Gasteiger partial charge in [-0.25, -0.2) is 4.98 Å². The van der Waals surface area contributed by atoms with Crippen LogP contribution in [-0.4, -0.2) is 29.8 Å². The van der Waals surface area contributed by atoms with Crippen LogP contribution >= 0.6 is 0 Å². The molecule has 0 aromatic carbocycles. The van der Waals surface area contributed by atoms with Crippen molar-refractivity contribution in [1.29, 1.82) is 0 Å². The minimum absolute atomic E-state index is 0.297. The van der Waals surface area contributed by atoms with Crippen LogP contribution in [0.1, 0.15) is 0 Å². The van der Waals surface area contributed by atoms with Crippen LogP contribution in [0.25, 0.3) is 0 Å². The first-order valence-electron chi connectivity index (χ1n) is 3.71. The molecule has 0 unspecified atom stereocenters. The van der Waals surface area contributed by atoms with Gasteiger partial charge in [0.25, 0.3) is 0 Å². The molecule has 1 aromatic heterocycles. The highest BCUT2D eigenvalue weighted by Crippen LogP contribution is 2.16. The lowest BCUT2D eigenvalue weighted by Gasteiger charge is -2.07. The maximum absolute atomic E-state index is 11.7. The number of nitrogens with one attached hydrogen (secondary N) is 1. The van der Waals surface area contributed by atoms with E-state index in [2.05, 4.69) is 20.0 Å². The molecule has 0 saturated carbocycles. The van der Waals surface area contributed by atoms with Crippen LogP contribution in [0.2, 0.25) is 0 Å². The molecule has 14 heavy (non-hydrogen) atoms. The van der Waals surface area contributed by atoms with Crippen LogP contribution in [0.5, 0.6) is 6.01 Å². The molecule has 0 aliphatic carbocycles. The van der Waals surface area contributed by atoms with Crippen LogP contribution < -0.4 is 10.1 Å². The summed E-state index contributed by atoms with van der Waals surface area (Å²) in [5.41, 5.74) is 0. The number of halogens is 3. The quantitative estimate of drug-likeness (QED) is 0.815. The summed E-state index contributed by atoms with van der Waals surface area (Å²) in [7, 11) is 1.59. The minimum atomic E-state index is -4.38. The Morgan fingerprint density at radius 3 is 2.79 bits per heavy atom. The number of nitrogens with zero attached hydrogens (tertiary/aromatic N) is 2. The predicted octanol–water partition coefficient (Wildman–Crippen LogP) is 1.46. The molecular formula is C7H8F3N3O. The van der Waals surface area contributed by atoms with Gasteiger partial charge in [-0.1, -0.05) is 0 Å². The van der Waals surface area contributed by atoms with Gasteiger partial charge in [-0.3, -0.25) is 0 Å². The number of aromatic nitrogens is 2. The smallest absolute Gasteiger partial charge is 0.422 e. The average Bonchev–Trinajstić information content (AvgIpc) is 2.14. The predicted molar refractivity (Wildman–Crippen MR) is 43.1 cm³/mol. The van der Waals surface area contributed by atoms with E-state index >= 15 is 0 Å². The molecule has 1 heterocycles. The van der Waals surface area contributed by atoms with E-state index in [-0.39, 0.29) is 6.01 Å². The van der Waals surface area contributed by atoms with Crippen molar-refractivity contribution in [3.63, 3.8) is 0 Å². The second kappa shape index (κ2) is 4.12. The third-order valence-electron chi connectivity index (χ3n) is 1.25. The van der Waals surface area contributed by atoms with Crippen molar-refractivity contribution in [2.45, 2.75) is 6.18 Å². The van der Waals surface area contributed by atoms with E-state index in [1.807, 2.05) is 0 Å². The van der Waals surface area contributed by atoms with Crippen molar-refractivity contribution < 1.29 is 17.9 Å². The van der Waals surface area contributed by atoms with Crippen molar-refractivity contribution in [1.82, 2.24) is 9.97 Å². The molecular weight excluding hydrogens is 199 g/mol. The molecule has 0 bridgehead atoms. The monoisotopic (exact) mass is 207 g/mol. The molecule has 1 rings (SSSR count). The molecule has 78 valence electrons. The van der Waals surface area contributed by atoms with E-state index in [4.69, 9.17) is 0 Å². The summed E-state index contributed by atoms with van der Waals surface area (Å²) >= 11 is 0. The van der Waals surface area contributed by atoms with Gasteiger partial charge in [-0.2, -0.15) is 18.2 Å². The van der Waals surface area contributed by atoms with Crippen molar-refractivity contribution in [3.05, 3.63) is 12.3 Å². The largest absolute Gasteiger partial charge is 0.454 e. The number of anilines is 1. The van der Waals surface area contributed by atoms with E-state index in [1.165, 1.54) is 12.3 Å². The van der Waals surface area contributed by atoms with Crippen LogP contribution in [-0.2, 0) is 0 Å². The summed E-state index contributed by atoms with van der Waals surface area (Å²) in [5, 5.41) is 2.65. The zero-order valence-corrected chi connectivity index (χ0v) is 7.30. The topological polar surface area (TPSA) is 47.0 Å². The highest BCUT2D eigenvalue weighted by Gasteiger charge is 2.28. The summed E-state index contributed by atoms with van der Waals surface area (Å²) in [4.78, 5) is 7.17. The lowest BCUT2D eigenvalue weighted by Crippen LogP contribution is -2.20. The van der Waals surface area contributed by atoms with Crippen LogP contribution in [0, 0.1) is 0 Å². The molecule has 0 aliphatic rings. The lowest BCUT2D eigenvalue weighted by molar-refractivity contribution is -0.154. The minimum Gasteiger partial charge on any atom is -0.454 e. The highest BCUT2D eigenvalue weighted by molar-refractivity contribution is 5.32. The van der Waals surface area contributed by atoms with Gasteiger partial charge in [0.2, 0.25) is 0 Å². The zero-order valence-electron chi connectivity index (χ0n) is 7.30. The Morgan fingerprint density at radius 2 is 2.21 bits per heavy atom. The van der Waals surface area contributed by atoms with Crippen molar-refractivity contribution in [2.75, 3.05) is 19.0 Å². The Hall–Kier alpha value is -1.53. The van der Waals surface area contributed by atoms with Gasteiger partial charge in [0, 0.05) is 13.2 Å².